The van der Waals surface area contributed by atoms with E-state index in [1.807, 2.05) is 60.7 Å². The minimum atomic E-state index is -0.196. The Bertz CT molecular complexity index is 1270. The third kappa shape index (κ3) is 3.27. The van der Waals surface area contributed by atoms with E-state index in [4.69, 9.17) is 9.47 Å². The summed E-state index contributed by atoms with van der Waals surface area (Å²) in [7, 11) is 3.23. The number of thiazole rings is 1. The van der Waals surface area contributed by atoms with Crippen LogP contribution in [0.1, 0.15) is 5.56 Å². The fourth-order valence-electron chi connectivity index (χ4n) is 2.83. The van der Waals surface area contributed by atoms with Crippen LogP contribution < -0.4 is 19.6 Å². The normalized spacial score (nSPS) is 12.1. The lowest BCUT2D eigenvalue weighted by molar-refractivity contribution is 0.414. The monoisotopic (exact) mass is 391 g/mol. The van der Waals surface area contributed by atoms with Crippen LogP contribution >= 0.6 is 11.3 Å². The van der Waals surface area contributed by atoms with Crippen LogP contribution in [0.25, 0.3) is 28.5 Å². The average molecular weight is 391 g/mol. The first-order valence-electron chi connectivity index (χ1n) is 8.55. The maximum Gasteiger partial charge on any atom is 0.291 e. The van der Waals surface area contributed by atoms with Crippen molar-refractivity contribution in [3.8, 4) is 22.9 Å². The molecule has 0 radical (unpaired) electrons. The molecule has 0 unspecified atom stereocenters. The van der Waals surface area contributed by atoms with Gasteiger partial charge in [-0.2, -0.15) is 9.50 Å². The predicted molar refractivity (Wildman–Crippen MR) is 111 cm³/mol. The Balaban J connectivity index is 1.70. The summed E-state index contributed by atoms with van der Waals surface area (Å²) >= 11 is 1.30. The van der Waals surface area contributed by atoms with Crippen molar-refractivity contribution in [3.05, 3.63) is 75.1 Å². The van der Waals surface area contributed by atoms with Crippen molar-refractivity contribution in [2.45, 2.75) is 0 Å². The SMILES string of the molecule is COc1ccccc1/C=C/C=c1/sc2nc(-c3ccccc3OC)nn2c1=O. The first-order valence-corrected chi connectivity index (χ1v) is 9.37. The molecule has 0 aliphatic carbocycles. The van der Waals surface area contributed by atoms with Crippen molar-refractivity contribution in [2.75, 3.05) is 14.2 Å². The van der Waals surface area contributed by atoms with Gasteiger partial charge in [0, 0.05) is 5.56 Å². The third-order valence-corrected chi connectivity index (χ3v) is 5.17. The van der Waals surface area contributed by atoms with Crippen molar-refractivity contribution in [2.24, 2.45) is 0 Å². The molecule has 0 fully saturated rings. The zero-order chi connectivity index (χ0) is 19.5. The number of para-hydroxylation sites is 2. The van der Waals surface area contributed by atoms with Crippen LogP contribution in [0.5, 0.6) is 11.5 Å². The van der Waals surface area contributed by atoms with Crippen molar-refractivity contribution < 1.29 is 9.47 Å². The van der Waals surface area contributed by atoms with E-state index >= 15 is 0 Å². The van der Waals surface area contributed by atoms with Gasteiger partial charge in [0.15, 0.2) is 5.82 Å². The summed E-state index contributed by atoms with van der Waals surface area (Å²) in [6, 6.07) is 15.1. The Morgan fingerprint density at radius 1 is 1.00 bits per heavy atom. The van der Waals surface area contributed by atoms with Gasteiger partial charge in [0.1, 0.15) is 11.5 Å². The van der Waals surface area contributed by atoms with E-state index in [1.165, 1.54) is 15.9 Å². The van der Waals surface area contributed by atoms with Gasteiger partial charge in [-0.15, -0.1) is 5.10 Å². The lowest BCUT2D eigenvalue weighted by atomic mass is 10.2. The molecule has 2 heterocycles. The lowest BCUT2D eigenvalue weighted by Crippen LogP contribution is -2.23. The van der Waals surface area contributed by atoms with Crippen LogP contribution in [-0.2, 0) is 0 Å². The summed E-state index contributed by atoms with van der Waals surface area (Å²) in [6.45, 7) is 0. The maximum absolute atomic E-state index is 12.6. The van der Waals surface area contributed by atoms with E-state index < -0.39 is 0 Å². The molecule has 0 spiro atoms. The summed E-state index contributed by atoms with van der Waals surface area (Å²) in [5.74, 6) is 1.91. The van der Waals surface area contributed by atoms with Gasteiger partial charge in [-0.25, -0.2) is 0 Å². The second-order valence-electron chi connectivity index (χ2n) is 5.87. The average Bonchev–Trinajstić information content (AvgIpc) is 3.28. The Kier molecular flexibility index (Phi) is 4.90. The molecule has 0 saturated heterocycles. The van der Waals surface area contributed by atoms with E-state index in [1.54, 1.807) is 20.3 Å². The highest BCUT2D eigenvalue weighted by molar-refractivity contribution is 7.15. The summed E-state index contributed by atoms with van der Waals surface area (Å²) < 4.78 is 12.6. The summed E-state index contributed by atoms with van der Waals surface area (Å²) in [5.41, 5.74) is 1.49. The van der Waals surface area contributed by atoms with Crippen LogP contribution in [0.2, 0.25) is 0 Å². The molecule has 2 aromatic carbocycles. The van der Waals surface area contributed by atoms with Crippen molar-refractivity contribution >= 4 is 28.4 Å². The van der Waals surface area contributed by atoms with E-state index in [-0.39, 0.29) is 5.56 Å². The van der Waals surface area contributed by atoms with Gasteiger partial charge < -0.3 is 9.47 Å². The van der Waals surface area contributed by atoms with E-state index in [0.717, 1.165) is 16.9 Å². The second kappa shape index (κ2) is 7.66. The largest absolute Gasteiger partial charge is 0.496 e. The van der Waals surface area contributed by atoms with E-state index in [2.05, 4.69) is 10.1 Å². The number of nitrogens with zero attached hydrogens (tertiary/aromatic N) is 3. The van der Waals surface area contributed by atoms with E-state index in [0.29, 0.717) is 21.1 Å². The smallest absolute Gasteiger partial charge is 0.291 e. The molecule has 0 bridgehead atoms. The van der Waals surface area contributed by atoms with Gasteiger partial charge in [0.05, 0.1) is 24.3 Å². The molecule has 6 nitrogen and oxygen atoms in total. The molecular weight excluding hydrogens is 374 g/mol. The number of aromatic nitrogens is 3. The molecule has 0 aliphatic heterocycles. The zero-order valence-electron chi connectivity index (χ0n) is 15.3. The molecule has 0 aliphatic rings. The first kappa shape index (κ1) is 17.9. The Morgan fingerprint density at radius 3 is 2.46 bits per heavy atom. The maximum atomic E-state index is 12.6. The highest BCUT2D eigenvalue weighted by Crippen LogP contribution is 2.27. The molecule has 7 heteroatoms. The summed E-state index contributed by atoms with van der Waals surface area (Å²) in [4.78, 5) is 17.7. The van der Waals surface area contributed by atoms with Crippen LogP contribution in [-0.4, -0.2) is 28.8 Å². The predicted octanol–water partition coefficient (Wildman–Crippen LogP) is 3.05. The molecule has 0 saturated carbocycles. The van der Waals surface area contributed by atoms with Gasteiger partial charge in [-0.3, -0.25) is 4.79 Å². The molecule has 2 aromatic heterocycles. The minimum absolute atomic E-state index is 0.196. The topological polar surface area (TPSA) is 65.7 Å². The first-order chi connectivity index (χ1) is 13.7. The van der Waals surface area contributed by atoms with Crippen molar-refractivity contribution in [1.29, 1.82) is 0 Å². The molecular formula is C21H17N3O3S. The minimum Gasteiger partial charge on any atom is -0.496 e. The number of allylic oxidation sites excluding steroid dienone is 1. The van der Waals surface area contributed by atoms with Crippen LogP contribution in [0.15, 0.2) is 59.4 Å². The molecule has 0 atom stereocenters. The van der Waals surface area contributed by atoms with E-state index in [9.17, 15) is 4.79 Å². The van der Waals surface area contributed by atoms with Gasteiger partial charge in [0.25, 0.3) is 5.56 Å². The third-order valence-electron chi connectivity index (χ3n) is 4.19. The number of methoxy groups -OCH3 is 2. The van der Waals surface area contributed by atoms with Crippen LogP contribution in [0, 0.1) is 0 Å². The van der Waals surface area contributed by atoms with Crippen LogP contribution in [0.4, 0.5) is 0 Å². The van der Waals surface area contributed by atoms with Gasteiger partial charge >= 0.3 is 0 Å². The molecule has 0 amide bonds. The lowest BCUT2D eigenvalue weighted by Gasteiger charge is -2.03. The van der Waals surface area contributed by atoms with Gasteiger partial charge in [0.2, 0.25) is 4.96 Å². The molecule has 140 valence electrons. The molecule has 4 aromatic rings. The van der Waals surface area contributed by atoms with Gasteiger partial charge in [-0.1, -0.05) is 53.8 Å². The molecule has 28 heavy (non-hydrogen) atoms. The quantitative estimate of drug-likeness (QED) is 0.523. The number of hydrogen-bond donors (Lipinski definition) is 0. The molecule has 0 N–H and O–H groups in total. The Labute approximate surface area is 165 Å². The Morgan fingerprint density at radius 2 is 1.71 bits per heavy atom. The fourth-order valence-corrected chi connectivity index (χ4v) is 3.69. The van der Waals surface area contributed by atoms with Crippen molar-refractivity contribution in [3.63, 3.8) is 0 Å². The van der Waals surface area contributed by atoms with Gasteiger partial charge in [-0.05, 0) is 24.3 Å². The molecule has 4 rings (SSSR count). The highest BCUT2D eigenvalue weighted by Gasteiger charge is 2.14. The summed E-state index contributed by atoms with van der Waals surface area (Å²) in [6.07, 6.45) is 5.48. The Hall–Kier alpha value is -3.45. The number of fused-ring (bicyclic) bond motifs is 1. The van der Waals surface area contributed by atoms with Crippen LogP contribution in [0.3, 0.4) is 0 Å². The number of benzene rings is 2. The number of hydrogen-bond acceptors (Lipinski definition) is 6. The summed E-state index contributed by atoms with van der Waals surface area (Å²) in [5, 5.41) is 4.36. The number of rotatable bonds is 5. The highest BCUT2D eigenvalue weighted by atomic mass is 32.1. The fraction of sp³-hybridized carbons (Fsp3) is 0.0952. The zero-order valence-corrected chi connectivity index (χ0v) is 16.1. The second-order valence-corrected chi connectivity index (χ2v) is 6.88. The standard InChI is InChI=1S/C21H17N3O3S/c1-26-16-11-5-3-8-14(16)9-7-13-18-20(25)24-21(28-18)22-19(23-24)15-10-4-6-12-17(15)27-2/h3-13H,1-2H3/b9-7+,18-13+. The van der Waals surface area contributed by atoms with Crippen molar-refractivity contribution in [1.82, 2.24) is 14.6 Å². The number of ether oxygens (including phenoxy) is 2.